The fraction of sp³-hybridized carbons (Fsp3) is 0.143. The molecule has 0 saturated carbocycles. The monoisotopic (exact) mass is 289 g/mol. The van der Waals surface area contributed by atoms with Gasteiger partial charge in [-0.3, -0.25) is 10.1 Å². The molecule has 1 heterocycles. The van der Waals surface area contributed by atoms with Gasteiger partial charge in [0, 0.05) is 29.0 Å². The second-order valence-corrected chi connectivity index (χ2v) is 4.90. The summed E-state index contributed by atoms with van der Waals surface area (Å²) in [6.45, 7) is 1.83. The van der Waals surface area contributed by atoms with Crippen LogP contribution in [0.25, 0.3) is 0 Å². The van der Waals surface area contributed by atoms with Gasteiger partial charge in [0.2, 0.25) is 0 Å². The molecule has 2 N–H and O–H groups in total. The number of allylic oxidation sites excluding steroid dienone is 1. The smallest absolute Gasteiger partial charge is 0.251 e. The molecule has 2 aromatic rings. The lowest BCUT2D eigenvalue weighted by atomic mass is 10.3. The van der Waals surface area contributed by atoms with Crippen LogP contribution in [0.3, 0.4) is 0 Å². The van der Waals surface area contributed by atoms with Crippen LogP contribution in [-0.4, -0.2) is 18.0 Å². The summed E-state index contributed by atoms with van der Waals surface area (Å²) in [5, 5.41) is 8.21. The molecule has 2 rings (SSSR count). The van der Waals surface area contributed by atoms with E-state index in [-0.39, 0.29) is 5.91 Å². The molecule has 0 unspecified atom stereocenters. The van der Waals surface area contributed by atoms with Gasteiger partial charge in [0.25, 0.3) is 5.91 Å². The molecule has 0 aliphatic carbocycles. The second-order valence-electron chi connectivity index (χ2n) is 4.01. The van der Waals surface area contributed by atoms with E-state index < -0.39 is 0 Å². The molecule has 20 heavy (non-hydrogen) atoms. The first-order valence-corrected chi connectivity index (χ1v) is 6.85. The van der Waals surface area contributed by atoms with Crippen molar-refractivity contribution in [3.05, 3.63) is 47.6 Å². The number of thiazole rings is 1. The van der Waals surface area contributed by atoms with Crippen molar-refractivity contribution in [1.29, 1.82) is 0 Å². The summed E-state index contributed by atoms with van der Waals surface area (Å²) in [6.07, 6.45) is 3.14. The predicted molar refractivity (Wildman–Crippen MR) is 81.1 cm³/mol. The van der Waals surface area contributed by atoms with Gasteiger partial charge in [0.1, 0.15) is 5.75 Å². The first kappa shape index (κ1) is 14.1. The van der Waals surface area contributed by atoms with Crippen LogP contribution in [0.5, 0.6) is 5.75 Å². The van der Waals surface area contributed by atoms with Crippen LogP contribution in [0.1, 0.15) is 6.92 Å². The average molecular weight is 289 g/mol. The molecule has 1 amide bonds. The molecule has 0 atom stereocenters. The average Bonchev–Trinajstić information content (AvgIpc) is 2.92. The van der Waals surface area contributed by atoms with Crippen LogP contribution < -0.4 is 15.4 Å². The van der Waals surface area contributed by atoms with Gasteiger partial charge in [-0.25, -0.2) is 4.98 Å². The lowest BCUT2D eigenvalue weighted by Gasteiger charge is -2.07. The lowest BCUT2D eigenvalue weighted by Crippen LogP contribution is -2.10. The summed E-state index contributed by atoms with van der Waals surface area (Å²) in [7, 11) is 1.62. The number of carbonyl (C=O) groups excluding carboxylic acids is 1. The molecular formula is C14H15N3O2S. The zero-order chi connectivity index (χ0) is 14.4. The first-order valence-electron chi connectivity index (χ1n) is 5.97. The molecule has 5 nitrogen and oxygen atoms in total. The summed E-state index contributed by atoms with van der Waals surface area (Å²) >= 11 is 1.38. The number of carbonyl (C=O) groups is 1. The van der Waals surface area contributed by atoms with Crippen LogP contribution in [0.15, 0.2) is 47.6 Å². The predicted octanol–water partition coefficient (Wildman–Crippen LogP) is 3.11. The Hall–Kier alpha value is -2.34. The molecule has 0 aliphatic rings. The van der Waals surface area contributed by atoms with Gasteiger partial charge < -0.3 is 10.1 Å². The lowest BCUT2D eigenvalue weighted by molar-refractivity contribution is -0.111. The maximum absolute atomic E-state index is 11.7. The van der Waals surface area contributed by atoms with Crippen LogP contribution in [-0.2, 0) is 4.79 Å². The minimum Gasteiger partial charge on any atom is -0.497 e. The van der Waals surface area contributed by atoms with Crippen molar-refractivity contribution in [3.8, 4) is 5.75 Å². The van der Waals surface area contributed by atoms with E-state index in [1.807, 2.05) is 36.6 Å². The number of nitrogens with one attached hydrogen (secondary N) is 2. The van der Waals surface area contributed by atoms with E-state index in [1.165, 1.54) is 17.4 Å². The number of ether oxygens (including phenoxy) is 1. The molecule has 0 spiro atoms. The zero-order valence-corrected chi connectivity index (χ0v) is 12.0. The SMILES string of the molecule is COc1ccc(N/C(C)=C\C(=O)Nc2nccs2)cc1. The van der Waals surface area contributed by atoms with Gasteiger partial charge in [-0.05, 0) is 31.2 Å². The topological polar surface area (TPSA) is 63.2 Å². The Bertz CT molecular complexity index is 591. The third-order valence-corrected chi connectivity index (χ3v) is 3.13. The minimum atomic E-state index is -0.210. The van der Waals surface area contributed by atoms with Gasteiger partial charge in [0.15, 0.2) is 5.13 Å². The summed E-state index contributed by atoms with van der Waals surface area (Å²) in [5.74, 6) is 0.581. The molecule has 1 aromatic carbocycles. The molecule has 0 radical (unpaired) electrons. The van der Waals surface area contributed by atoms with Gasteiger partial charge in [0.05, 0.1) is 7.11 Å². The molecule has 104 valence electrons. The number of aromatic nitrogens is 1. The van der Waals surface area contributed by atoms with Crippen molar-refractivity contribution >= 4 is 28.1 Å². The van der Waals surface area contributed by atoms with Crippen molar-refractivity contribution in [1.82, 2.24) is 4.98 Å². The van der Waals surface area contributed by atoms with Crippen molar-refractivity contribution in [3.63, 3.8) is 0 Å². The Morgan fingerprint density at radius 3 is 2.65 bits per heavy atom. The van der Waals surface area contributed by atoms with E-state index in [0.29, 0.717) is 5.13 Å². The number of nitrogens with zero attached hydrogens (tertiary/aromatic N) is 1. The van der Waals surface area contributed by atoms with Crippen molar-refractivity contribution in [2.45, 2.75) is 6.92 Å². The fourth-order valence-corrected chi connectivity index (χ4v) is 2.09. The van der Waals surface area contributed by atoms with Gasteiger partial charge in [-0.1, -0.05) is 0 Å². The Kier molecular flexibility index (Phi) is 4.73. The highest BCUT2D eigenvalue weighted by molar-refractivity contribution is 7.13. The molecule has 0 aliphatic heterocycles. The van der Waals surface area contributed by atoms with Gasteiger partial charge >= 0.3 is 0 Å². The fourth-order valence-electron chi connectivity index (χ4n) is 1.56. The van der Waals surface area contributed by atoms with E-state index in [4.69, 9.17) is 4.74 Å². The summed E-state index contributed by atoms with van der Waals surface area (Å²) in [6, 6.07) is 7.47. The quantitative estimate of drug-likeness (QED) is 0.830. The molecule has 6 heteroatoms. The number of hydrogen-bond acceptors (Lipinski definition) is 5. The van der Waals surface area contributed by atoms with Crippen LogP contribution in [0, 0.1) is 0 Å². The van der Waals surface area contributed by atoms with Crippen molar-refractivity contribution in [2.75, 3.05) is 17.7 Å². The highest BCUT2D eigenvalue weighted by Crippen LogP contribution is 2.16. The summed E-state index contributed by atoms with van der Waals surface area (Å²) in [5.41, 5.74) is 1.63. The standard InChI is InChI=1S/C14H15N3O2S/c1-10(9-13(18)17-14-15-7-8-20-14)16-11-3-5-12(19-2)6-4-11/h3-9,16H,1-2H3,(H,15,17,18)/b10-9-. The number of amides is 1. The summed E-state index contributed by atoms with van der Waals surface area (Å²) in [4.78, 5) is 15.7. The molecule has 1 aromatic heterocycles. The largest absolute Gasteiger partial charge is 0.497 e. The maximum atomic E-state index is 11.7. The first-order chi connectivity index (χ1) is 9.67. The molecule has 0 bridgehead atoms. The Morgan fingerprint density at radius 1 is 1.30 bits per heavy atom. The Morgan fingerprint density at radius 2 is 2.05 bits per heavy atom. The highest BCUT2D eigenvalue weighted by Gasteiger charge is 2.02. The molecular weight excluding hydrogens is 274 g/mol. The summed E-state index contributed by atoms with van der Waals surface area (Å²) < 4.78 is 5.09. The maximum Gasteiger partial charge on any atom is 0.251 e. The molecule has 0 saturated heterocycles. The van der Waals surface area contributed by atoms with Crippen LogP contribution >= 0.6 is 11.3 Å². The van der Waals surface area contributed by atoms with Crippen LogP contribution in [0.2, 0.25) is 0 Å². The Labute approximate surface area is 121 Å². The zero-order valence-electron chi connectivity index (χ0n) is 11.2. The second kappa shape index (κ2) is 6.72. The van der Waals surface area contributed by atoms with Crippen molar-refractivity contribution in [2.24, 2.45) is 0 Å². The number of methoxy groups -OCH3 is 1. The number of anilines is 2. The Balaban J connectivity index is 1.94. The van der Waals surface area contributed by atoms with E-state index in [9.17, 15) is 4.79 Å². The van der Waals surface area contributed by atoms with Crippen molar-refractivity contribution < 1.29 is 9.53 Å². The number of benzene rings is 1. The van der Waals surface area contributed by atoms with E-state index in [2.05, 4.69) is 15.6 Å². The number of rotatable bonds is 5. The number of hydrogen-bond donors (Lipinski definition) is 2. The minimum absolute atomic E-state index is 0.210. The van der Waals surface area contributed by atoms with E-state index >= 15 is 0 Å². The highest BCUT2D eigenvalue weighted by atomic mass is 32.1. The third kappa shape index (κ3) is 4.10. The van der Waals surface area contributed by atoms with E-state index in [1.54, 1.807) is 13.3 Å². The third-order valence-electron chi connectivity index (χ3n) is 2.44. The van der Waals surface area contributed by atoms with Crippen LogP contribution in [0.4, 0.5) is 10.8 Å². The normalized spacial score (nSPS) is 11.0. The van der Waals surface area contributed by atoms with Gasteiger partial charge in [-0.15, -0.1) is 11.3 Å². The molecule has 0 fully saturated rings. The van der Waals surface area contributed by atoms with E-state index in [0.717, 1.165) is 17.1 Å². The van der Waals surface area contributed by atoms with Gasteiger partial charge in [-0.2, -0.15) is 0 Å².